The summed E-state index contributed by atoms with van der Waals surface area (Å²) in [6.45, 7) is 6.40. The van der Waals surface area contributed by atoms with Gasteiger partial charge in [-0.3, -0.25) is 4.79 Å². The zero-order chi connectivity index (χ0) is 11.6. The minimum absolute atomic E-state index is 0.111. The number of aldehydes is 1. The van der Waals surface area contributed by atoms with Crippen molar-refractivity contribution in [3.63, 3.8) is 0 Å². The van der Waals surface area contributed by atoms with Crippen molar-refractivity contribution in [3.8, 4) is 0 Å². The molecule has 0 spiro atoms. The Hall–Kier alpha value is -0.760. The minimum Gasteiger partial charge on any atom is -0.515 e. The number of carbonyl (C=O) groups excluding carboxylic acids is 1. The van der Waals surface area contributed by atoms with Gasteiger partial charge in [-0.2, -0.15) is 0 Å². The van der Waals surface area contributed by atoms with E-state index in [1.54, 1.807) is 0 Å². The Morgan fingerprint density at radius 1 is 1.40 bits per heavy atom. The quantitative estimate of drug-likeness (QED) is 0.550. The van der Waals surface area contributed by atoms with Crippen LogP contribution in [0.15, 0.2) is 22.4 Å². The van der Waals surface area contributed by atoms with Gasteiger partial charge in [0.1, 0.15) is 6.29 Å². The molecule has 84 valence electrons. The highest BCUT2D eigenvalue weighted by Crippen LogP contribution is 2.43. The van der Waals surface area contributed by atoms with E-state index in [-0.39, 0.29) is 5.41 Å². The third-order valence-electron chi connectivity index (χ3n) is 3.02. The van der Waals surface area contributed by atoms with Crippen LogP contribution < -0.4 is 0 Å². The number of aliphatic hydroxyl groups is 1. The molecule has 0 amide bonds. The second kappa shape index (κ2) is 4.40. The predicted octanol–water partition coefficient (Wildman–Crippen LogP) is 3.58. The summed E-state index contributed by atoms with van der Waals surface area (Å²) in [6.07, 6.45) is 3.24. The highest BCUT2D eigenvalue weighted by molar-refractivity contribution is 6.33. The largest absolute Gasteiger partial charge is 0.515 e. The van der Waals surface area contributed by atoms with Gasteiger partial charge in [0, 0.05) is 11.1 Å². The van der Waals surface area contributed by atoms with Crippen molar-refractivity contribution in [3.05, 3.63) is 22.4 Å². The van der Waals surface area contributed by atoms with Gasteiger partial charge in [0.05, 0.1) is 11.3 Å². The van der Waals surface area contributed by atoms with Crippen molar-refractivity contribution in [2.75, 3.05) is 0 Å². The molecule has 0 aromatic rings. The number of carbonyl (C=O) groups is 1. The van der Waals surface area contributed by atoms with Gasteiger partial charge >= 0.3 is 0 Å². The van der Waals surface area contributed by atoms with Gasteiger partial charge < -0.3 is 5.11 Å². The van der Waals surface area contributed by atoms with Gasteiger partial charge in [-0.05, 0) is 24.2 Å². The Morgan fingerprint density at radius 3 is 2.40 bits per heavy atom. The fraction of sp³-hybridized carbons (Fsp3) is 0.583. The predicted molar refractivity (Wildman–Crippen MR) is 61.8 cm³/mol. The summed E-state index contributed by atoms with van der Waals surface area (Å²) in [5.74, 6) is 0.346. The maximum absolute atomic E-state index is 10.9. The maximum Gasteiger partial charge on any atom is 0.147 e. The van der Waals surface area contributed by atoms with E-state index < -0.39 is 0 Å². The van der Waals surface area contributed by atoms with E-state index in [1.165, 1.54) is 0 Å². The lowest BCUT2D eigenvalue weighted by molar-refractivity contribution is -0.105. The van der Waals surface area contributed by atoms with E-state index in [4.69, 9.17) is 16.7 Å². The molecule has 0 aliphatic heterocycles. The Balaban J connectivity index is 3.05. The summed E-state index contributed by atoms with van der Waals surface area (Å²) >= 11 is 5.98. The zero-order valence-electron chi connectivity index (χ0n) is 9.38. The average Bonchev–Trinajstić information content (AvgIpc) is 2.16. The standard InChI is InChI=1S/C12H17ClO2/c1-12(2,3)10-4-8(6-14)11(13)9(5-10)7-15/h6-7,10,14H,4-5H2,1-3H3/b8-6-/t10-/m0/s1. The molecule has 1 N–H and O–H groups in total. The average molecular weight is 229 g/mol. The molecular weight excluding hydrogens is 212 g/mol. The lowest BCUT2D eigenvalue weighted by Gasteiger charge is -2.34. The highest BCUT2D eigenvalue weighted by Gasteiger charge is 2.31. The molecule has 3 heteroatoms. The van der Waals surface area contributed by atoms with Gasteiger partial charge in [-0.15, -0.1) is 0 Å². The number of aliphatic hydroxyl groups excluding tert-OH is 1. The summed E-state index contributed by atoms with van der Waals surface area (Å²) in [5, 5.41) is 9.49. The summed E-state index contributed by atoms with van der Waals surface area (Å²) in [6, 6.07) is 0. The van der Waals surface area contributed by atoms with Crippen LogP contribution in [0, 0.1) is 11.3 Å². The molecule has 0 aromatic carbocycles. The van der Waals surface area contributed by atoms with Crippen LogP contribution in [-0.2, 0) is 4.79 Å². The first kappa shape index (κ1) is 12.3. The van der Waals surface area contributed by atoms with Crippen LogP contribution in [-0.4, -0.2) is 11.4 Å². The lowest BCUT2D eigenvalue weighted by Crippen LogP contribution is -2.25. The number of allylic oxidation sites excluding steroid dienone is 3. The molecule has 1 aliphatic rings. The molecule has 0 bridgehead atoms. The van der Waals surface area contributed by atoms with E-state index in [0.717, 1.165) is 19.0 Å². The number of hydrogen-bond acceptors (Lipinski definition) is 2. The fourth-order valence-electron chi connectivity index (χ4n) is 1.81. The van der Waals surface area contributed by atoms with Gasteiger partial charge in [0.15, 0.2) is 0 Å². The van der Waals surface area contributed by atoms with Crippen LogP contribution in [0.1, 0.15) is 33.6 Å². The molecule has 2 nitrogen and oxygen atoms in total. The van der Waals surface area contributed by atoms with Gasteiger partial charge in [-0.25, -0.2) is 0 Å². The first-order valence-corrected chi connectivity index (χ1v) is 5.45. The van der Waals surface area contributed by atoms with Crippen LogP contribution in [0.25, 0.3) is 0 Å². The molecule has 0 saturated carbocycles. The number of halogens is 1. The summed E-state index contributed by atoms with van der Waals surface area (Å²) in [4.78, 5) is 10.9. The second-order valence-electron chi connectivity index (χ2n) is 5.08. The van der Waals surface area contributed by atoms with Crippen LogP contribution in [0.2, 0.25) is 0 Å². The van der Waals surface area contributed by atoms with Gasteiger partial charge in [-0.1, -0.05) is 32.4 Å². The molecule has 0 radical (unpaired) electrons. The molecule has 0 fully saturated rings. The van der Waals surface area contributed by atoms with Gasteiger partial charge in [0.2, 0.25) is 0 Å². The van der Waals surface area contributed by atoms with Crippen molar-refractivity contribution in [1.29, 1.82) is 0 Å². The normalized spacial score (nSPS) is 25.9. The SMILES string of the molecule is CC(C)(C)[C@@H]1CC(C=O)=C(Cl)/C(=C\O)C1. The molecular formula is C12H17ClO2. The van der Waals surface area contributed by atoms with E-state index in [0.29, 0.717) is 28.5 Å². The van der Waals surface area contributed by atoms with Crippen molar-refractivity contribution in [2.45, 2.75) is 33.6 Å². The van der Waals surface area contributed by atoms with Crippen molar-refractivity contribution in [1.82, 2.24) is 0 Å². The van der Waals surface area contributed by atoms with Crippen molar-refractivity contribution < 1.29 is 9.90 Å². The topological polar surface area (TPSA) is 37.3 Å². The number of rotatable bonds is 1. The third kappa shape index (κ3) is 2.63. The Bertz CT molecular complexity index is 321. The first-order valence-electron chi connectivity index (χ1n) is 5.07. The molecule has 0 unspecified atom stereocenters. The Labute approximate surface area is 95.6 Å². The number of hydrogen-bond donors (Lipinski definition) is 1. The van der Waals surface area contributed by atoms with Crippen LogP contribution in [0.3, 0.4) is 0 Å². The molecule has 1 rings (SSSR count). The highest BCUT2D eigenvalue weighted by atomic mass is 35.5. The van der Waals surface area contributed by atoms with E-state index in [1.807, 2.05) is 0 Å². The third-order valence-corrected chi connectivity index (χ3v) is 3.50. The van der Waals surface area contributed by atoms with Crippen LogP contribution in [0.5, 0.6) is 0 Å². The fourth-order valence-corrected chi connectivity index (χ4v) is 2.06. The molecule has 0 saturated heterocycles. The van der Waals surface area contributed by atoms with Crippen LogP contribution in [0.4, 0.5) is 0 Å². The molecule has 15 heavy (non-hydrogen) atoms. The minimum atomic E-state index is 0.111. The van der Waals surface area contributed by atoms with E-state index in [9.17, 15) is 4.79 Å². The zero-order valence-corrected chi connectivity index (χ0v) is 10.1. The van der Waals surface area contributed by atoms with E-state index >= 15 is 0 Å². The summed E-state index contributed by atoms with van der Waals surface area (Å²) < 4.78 is 0. The summed E-state index contributed by atoms with van der Waals surface area (Å²) in [7, 11) is 0. The molecule has 0 heterocycles. The smallest absolute Gasteiger partial charge is 0.147 e. The Kier molecular flexibility index (Phi) is 3.61. The summed E-state index contributed by atoms with van der Waals surface area (Å²) in [5.41, 5.74) is 1.38. The van der Waals surface area contributed by atoms with Gasteiger partial charge in [0.25, 0.3) is 0 Å². The first-order chi connectivity index (χ1) is 6.90. The molecule has 0 aromatic heterocycles. The van der Waals surface area contributed by atoms with E-state index in [2.05, 4.69) is 20.8 Å². The molecule has 1 atom stereocenters. The molecule has 1 aliphatic carbocycles. The van der Waals surface area contributed by atoms with Crippen molar-refractivity contribution >= 4 is 17.9 Å². The maximum atomic E-state index is 10.9. The lowest BCUT2D eigenvalue weighted by atomic mass is 9.71. The van der Waals surface area contributed by atoms with Crippen LogP contribution >= 0.6 is 11.6 Å². The Morgan fingerprint density at radius 2 is 2.00 bits per heavy atom. The monoisotopic (exact) mass is 228 g/mol. The van der Waals surface area contributed by atoms with Crippen molar-refractivity contribution in [2.24, 2.45) is 11.3 Å². The second-order valence-corrected chi connectivity index (χ2v) is 5.46.